The fourth-order valence-electron chi connectivity index (χ4n) is 0.672. The summed E-state index contributed by atoms with van der Waals surface area (Å²) in [6.45, 7) is 0. The van der Waals surface area contributed by atoms with Gasteiger partial charge in [-0.3, -0.25) is 0 Å². The average molecular weight is 174 g/mol. The molecule has 58 valence electrons. The number of aromatic amines is 2. The van der Waals surface area contributed by atoms with E-state index >= 15 is 0 Å². The number of rotatable bonds is 1. The maximum atomic E-state index is 3.52. The number of nitrogens with zero attached hydrogens (tertiary/aromatic N) is 2. The highest BCUT2D eigenvalue weighted by Crippen LogP contribution is 1.69. The van der Waals surface area contributed by atoms with Crippen LogP contribution in [0.4, 0.5) is 0 Å². The van der Waals surface area contributed by atoms with Crippen molar-refractivity contribution in [2.45, 2.75) is 0 Å². The van der Waals surface area contributed by atoms with Crippen LogP contribution in [-0.4, -0.2) is 54.2 Å². The van der Waals surface area contributed by atoms with Crippen molar-refractivity contribution < 1.29 is 0 Å². The molecule has 0 radical (unpaired) electrons. The maximum Gasteiger partial charge on any atom is 0.459 e. The predicted molar refractivity (Wildman–Crippen MR) is 46.5 cm³/mol. The summed E-state index contributed by atoms with van der Waals surface area (Å²) < 4.78 is 11.5. The third-order valence-electron chi connectivity index (χ3n) is 1.37. The molecule has 0 spiro atoms. The number of hydrogen-bond donors (Lipinski definition) is 2. The Hall–Kier alpha value is -0.366. The van der Waals surface area contributed by atoms with E-state index in [0.717, 1.165) is 0 Å². The molecule has 0 fully saturated rings. The summed E-state index contributed by atoms with van der Waals surface area (Å²) >= 11 is 0. The average Bonchev–Trinajstić information content (AvgIpc) is 1.56. The van der Waals surface area contributed by atoms with Gasteiger partial charge in [0.05, 0.1) is 0 Å². The van der Waals surface area contributed by atoms with Crippen LogP contribution in [0.15, 0.2) is 0 Å². The van der Waals surface area contributed by atoms with Crippen LogP contribution >= 0.6 is 0 Å². The lowest BCUT2D eigenvalue weighted by molar-refractivity contribution is 0.906. The third-order valence-corrected chi connectivity index (χ3v) is 6.95. The highest BCUT2D eigenvalue weighted by Gasteiger charge is 2.04. The molecule has 0 atom stereocenters. The molecule has 1 rings (SSSR count). The lowest BCUT2D eigenvalue weighted by Crippen LogP contribution is -2.41. The van der Waals surface area contributed by atoms with Gasteiger partial charge in [-0.05, 0) is 14.1 Å². The van der Waals surface area contributed by atoms with Crippen LogP contribution in [-0.2, 0) is 0 Å². The molecule has 0 saturated heterocycles. The van der Waals surface area contributed by atoms with Gasteiger partial charge >= 0.3 is 17.4 Å². The monoisotopic (exact) mass is 174 g/mol. The fourth-order valence-corrected chi connectivity index (χ4v) is 6.04. The third kappa shape index (κ3) is 1.37. The lowest BCUT2D eigenvalue weighted by Gasteiger charge is -2.14. The first-order valence-corrected chi connectivity index (χ1v) is 6.13. The van der Waals surface area contributed by atoms with Crippen molar-refractivity contribution in [3.05, 3.63) is 0 Å². The number of aromatic nitrogens is 2. The summed E-state index contributed by atoms with van der Waals surface area (Å²) in [4.78, 5) is 0. The van der Waals surface area contributed by atoms with E-state index in [1.165, 1.54) is 0 Å². The molecule has 0 aromatic carbocycles. The Bertz CT molecular complexity index is 246. The van der Waals surface area contributed by atoms with Crippen LogP contribution in [0.2, 0.25) is 0 Å². The second-order valence-electron chi connectivity index (χ2n) is 2.74. The Morgan fingerprint density at radius 2 is 1.80 bits per heavy atom. The summed E-state index contributed by atoms with van der Waals surface area (Å²) in [5.41, 5.74) is 0. The number of H-pyrrole nitrogens is 2. The SMILES string of the molecule is CN(C)[si-]1[nH][si](=[N+](C)C)[nH]1. The summed E-state index contributed by atoms with van der Waals surface area (Å²) in [7, 11) is 7.36. The Labute approximate surface area is 63.7 Å². The highest BCUT2D eigenvalue weighted by molar-refractivity contribution is 6.59. The number of hydrogen-bond acceptors (Lipinski definition) is 1. The van der Waals surface area contributed by atoms with Crippen molar-refractivity contribution in [2.24, 2.45) is 0 Å². The number of nitrogens with one attached hydrogen (secondary N) is 2. The lowest BCUT2D eigenvalue weighted by atomic mass is 11.3. The summed E-state index contributed by atoms with van der Waals surface area (Å²) in [5.74, 6) is 0. The van der Waals surface area contributed by atoms with Gasteiger partial charge < -0.3 is 17.4 Å². The summed E-state index contributed by atoms with van der Waals surface area (Å²) in [6.07, 6.45) is 0. The zero-order chi connectivity index (χ0) is 7.72. The van der Waals surface area contributed by atoms with Gasteiger partial charge in [-0.2, -0.15) is 0 Å². The van der Waals surface area contributed by atoms with E-state index in [1.807, 2.05) is 0 Å². The van der Waals surface area contributed by atoms with E-state index in [1.54, 1.807) is 0 Å². The van der Waals surface area contributed by atoms with E-state index in [4.69, 9.17) is 0 Å². The largest absolute Gasteiger partial charge is 0.459 e. The van der Waals surface area contributed by atoms with Crippen molar-refractivity contribution in [3.63, 3.8) is 0 Å². The molecule has 0 aliphatic carbocycles. The standard InChI is InChI=1S/C4H14N4Si2/c1-7(2)9-5-10(6-9)8(3)4/h5-6H,1-4H3. The molecule has 0 bridgehead atoms. The van der Waals surface area contributed by atoms with Gasteiger partial charge in [0.25, 0.3) is 0 Å². The Morgan fingerprint density at radius 3 is 2.10 bits per heavy atom. The molecular weight excluding hydrogens is 160 g/mol. The van der Waals surface area contributed by atoms with Crippen LogP contribution in [0.25, 0.3) is 0 Å². The molecule has 1 aromatic heterocycles. The van der Waals surface area contributed by atoms with Gasteiger partial charge in [-0.15, -0.1) is 0 Å². The van der Waals surface area contributed by atoms with Crippen LogP contribution < -0.4 is 8.78 Å². The smallest absolute Gasteiger partial charge is 0.409 e. The molecule has 4 nitrogen and oxygen atoms in total. The zero-order valence-corrected chi connectivity index (χ0v) is 8.89. The molecule has 10 heavy (non-hydrogen) atoms. The van der Waals surface area contributed by atoms with Gasteiger partial charge in [-0.1, -0.05) is 0 Å². The van der Waals surface area contributed by atoms with Gasteiger partial charge in [-0.25, -0.2) is 0 Å². The van der Waals surface area contributed by atoms with Crippen molar-refractivity contribution in [1.29, 1.82) is 0 Å². The maximum absolute atomic E-state index is 3.52. The van der Waals surface area contributed by atoms with Gasteiger partial charge in [0.1, 0.15) is 0 Å². The minimum atomic E-state index is -0.521. The van der Waals surface area contributed by atoms with Crippen LogP contribution in [0.1, 0.15) is 0 Å². The molecule has 0 aliphatic heterocycles. The molecular formula is C4H14N4Si2. The quantitative estimate of drug-likeness (QED) is 0.513. The van der Waals surface area contributed by atoms with E-state index in [2.05, 4.69) is 45.6 Å². The minimum Gasteiger partial charge on any atom is -0.409 e. The van der Waals surface area contributed by atoms with Crippen molar-refractivity contribution in [3.8, 4) is 0 Å². The topological polar surface area (TPSA) is 37.8 Å². The molecule has 1 heterocycles. The molecule has 0 aliphatic rings. The summed E-state index contributed by atoms with van der Waals surface area (Å²) in [6, 6.07) is 0. The Kier molecular flexibility index (Phi) is 2.09. The fraction of sp³-hybridized carbons (Fsp3) is 1.00. The van der Waals surface area contributed by atoms with Gasteiger partial charge in [0.2, 0.25) is 0 Å². The first-order valence-electron chi connectivity index (χ1n) is 3.24. The molecule has 0 unspecified atom stereocenters. The zero-order valence-electron chi connectivity index (χ0n) is 6.89. The normalized spacial score (nSPS) is 10.0. The van der Waals surface area contributed by atoms with Crippen molar-refractivity contribution in [1.82, 2.24) is 12.8 Å². The molecule has 2 N–H and O–H groups in total. The molecule has 0 saturated carbocycles. The molecule has 1 aromatic rings. The van der Waals surface area contributed by atoms with Crippen molar-refractivity contribution >= 4 is 17.4 Å². The highest BCUT2D eigenvalue weighted by atomic mass is 28.3. The van der Waals surface area contributed by atoms with Gasteiger partial charge in [0.15, 0.2) is 0 Å². The Morgan fingerprint density at radius 1 is 1.30 bits per heavy atom. The minimum absolute atomic E-state index is 0.521. The first-order chi connectivity index (χ1) is 4.61. The second kappa shape index (κ2) is 2.71. The Balaban J connectivity index is 2.84. The molecule has 0 amide bonds. The van der Waals surface area contributed by atoms with Gasteiger partial charge in [0, 0.05) is 14.1 Å². The molecule has 6 heteroatoms. The predicted octanol–water partition coefficient (Wildman–Crippen LogP) is -1.25. The summed E-state index contributed by atoms with van der Waals surface area (Å²) in [5, 5.41) is 0. The van der Waals surface area contributed by atoms with Crippen LogP contribution in [0.3, 0.4) is 0 Å². The van der Waals surface area contributed by atoms with E-state index in [0.29, 0.717) is 0 Å². The van der Waals surface area contributed by atoms with Crippen molar-refractivity contribution in [2.75, 3.05) is 32.8 Å². The van der Waals surface area contributed by atoms with E-state index < -0.39 is 17.4 Å². The first kappa shape index (κ1) is 7.74. The van der Waals surface area contributed by atoms with E-state index in [-0.39, 0.29) is 0 Å². The van der Waals surface area contributed by atoms with Crippen LogP contribution in [0, 0.1) is 0 Å². The second-order valence-corrected chi connectivity index (χ2v) is 7.92. The van der Waals surface area contributed by atoms with E-state index in [9.17, 15) is 0 Å². The van der Waals surface area contributed by atoms with Crippen LogP contribution in [0.5, 0.6) is 0 Å².